The van der Waals surface area contributed by atoms with Crippen LogP contribution in [0.3, 0.4) is 0 Å². The highest BCUT2D eigenvalue weighted by atomic mass is 32.2. The number of carbonyl (C=O) groups excluding carboxylic acids is 1. The molecule has 1 unspecified atom stereocenters. The van der Waals surface area contributed by atoms with Crippen LogP contribution in [0.2, 0.25) is 0 Å². The highest BCUT2D eigenvalue weighted by molar-refractivity contribution is 7.91. The summed E-state index contributed by atoms with van der Waals surface area (Å²) in [6.07, 6.45) is 1.47. The lowest BCUT2D eigenvalue weighted by atomic mass is 10.1. The van der Waals surface area contributed by atoms with Crippen molar-refractivity contribution in [1.29, 1.82) is 0 Å². The zero-order valence-electron chi connectivity index (χ0n) is 11.6. The van der Waals surface area contributed by atoms with E-state index < -0.39 is 9.84 Å². The summed E-state index contributed by atoms with van der Waals surface area (Å²) in [6, 6.07) is 7.39. The van der Waals surface area contributed by atoms with Crippen molar-refractivity contribution in [2.75, 3.05) is 23.4 Å². The number of sulfone groups is 1. The Bertz CT molecular complexity index is 584. The average Bonchev–Trinajstić information content (AvgIpc) is 2.58. The lowest BCUT2D eigenvalue weighted by molar-refractivity contribution is -0.118. The molecule has 2 N–H and O–H groups in total. The Labute approximate surface area is 119 Å². The van der Waals surface area contributed by atoms with Crippen molar-refractivity contribution in [3.8, 4) is 0 Å². The van der Waals surface area contributed by atoms with Crippen LogP contribution in [0.15, 0.2) is 24.3 Å². The third kappa shape index (κ3) is 3.80. The SMILES string of the molecule is CCS(=O)(=O)CCNC1CCc2ccccc2NC1=O. The summed E-state index contributed by atoms with van der Waals surface area (Å²) in [4.78, 5) is 12.1. The Hall–Kier alpha value is -1.40. The minimum atomic E-state index is -2.99. The predicted octanol–water partition coefficient (Wildman–Crippen LogP) is 0.964. The summed E-state index contributed by atoms with van der Waals surface area (Å²) in [7, 11) is -2.99. The topological polar surface area (TPSA) is 75.3 Å². The van der Waals surface area contributed by atoms with Crippen LogP contribution in [0.1, 0.15) is 18.9 Å². The van der Waals surface area contributed by atoms with Gasteiger partial charge in [0, 0.05) is 18.0 Å². The van der Waals surface area contributed by atoms with Crippen LogP contribution in [0.4, 0.5) is 5.69 Å². The number of hydrogen-bond donors (Lipinski definition) is 2. The van der Waals surface area contributed by atoms with E-state index in [4.69, 9.17) is 0 Å². The van der Waals surface area contributed by atoms with Crippen molar-refractivity contribution < 1.29 is 13.2 Å². The lowest BCUT2D eigenvalue weighted by Gasteiger charge is -2.15. The number of anilines is 1. The number of nitrogens with one attached hydrogen (secondary N) is 2. The van der Waals surface area contributed by atoms with Crippen LogP contribution >= 0.6 is 0 Å². The Balaban J connectivity index is 1.94. The molecule has 110 valence electrons. The predicted molar refractivity (Wildman–Crippen MR) is 79.5 cm³/mol. The molecule has 1 atom stereocenters. The van der Waals surface area contributed by atoms with Crippen molar-refractivity contribution >= 4 is 21.4 Å². The third-order valence-electron chi connectivity index (χ3n) is 3.54. The maximum atomic E-state index is 12.1. The summed E-state index contributed by atoms with van der Waals surface area (Å²) < 4.78 is 22.9. The molecular weight excluding hydrogens is 276 g/mol. The van der Waals surface area contributed by atoms with Gasteiger partial charge in [-0.15, -0.1) is 0 Å². The molecule has 0 fully saturated rings. The summed E-state index contributed by atoms with van der Waals surface area (Å²) in [5, 5.41) is 5.93. The second-order valence-corrected chi connectivity index (χ2v) is 7.40. The van der Waals surface area contributed by atoms with Gasteiger partial charge in [0.05, 0.1) is 11.8 Å². The third-order valence-corrected chi connectivity index (χ3v) is 5.24. The van der Waals surface area contributed by atoms with Gasteiger partial charge < -0.3 is 10.6 Å². The molecule has 1 amide bonds. The van der Waals surface area contributed by atoms with Crippen LogP contribution < -0.4 is 10.6 Å². The van der Waals surface area contributed by atoms with E-state index in [-0.39, 0.29) is 23.5 Å². The normalized spacial score (nSPS) is 19.1. The first-order valence-electron chi connectivity index (χ1n) is 6.84. The first kappa shape index (κ1) is 15.0. The number of aryl methyl sites for hydroxylation is 1. The molecule has 1 aromatic carbocycles. The fourth-order valence-corrected chi connectivity index (χ4v) is 2.96. The van der Waals surface area contributed by atoms with Crippen LogP contribution in [-0.2, 0) is 21.1 Å². The zero-order valence-corrected chi connectivity index (χ0v) is 12.4. The number of hydrogen-bond acceptors (Lipinski definition) is 4. The molecule has 2 rings (SSSR count). The lowest BCUT2D eigenvalue weighted by Crippen LogP contribution is -2.41. The van der Waals surface area contributed by atoms with E-state index in [1.807, 2.05) is 24.3 Å². The average molecular weight is 296 g/mol. The molecule has 1 aromatic rings. The number of amides is 1. The molecule has 1 aliphatic rings. The number of carbonyl (C=O) groups is 1. The molecular formula is C14H20N2O3S. The van der Waals surface area contributed by atoms with E-state index in [2.05, 4.69) is 10.6 Å². The van der Waals surface area contributed by atoms with Crippen molar-refractivity contribution in [3.63, 3.8) is 0 Å². The van der Waals surface area contributed by atoms with E-state index >= 15 is 0 Å². The Morgan fingerprint density at radius 2 is 2.10 bits per heavy atom. The maximum absolute atomic E-state index is 12.1. The highest BCUT2D eigenvalue weighted by Crippen LogP contribution is 2.21. The minimum absolute atomic E-state index is 0.0697. The molecule has 0 aliphatic carbocycles. The first-order chi connectivity index (χ1) is 9.52. The fourth-order valence-electron chi connectivity index (χ4n) is 2.24. The molecule has 1 heterocycles. The first-order valence-corrected chi connectivity index (χ1v) is 8.66. The number of rotatable bonds is 5. The second-order valence-electron chi connectivity index (χ2n) is 4.93. The van der Waals surface area contributed by atoms with Crippen molar-refractivity contribution in [2.45, 2.75) is 25.8 Å². The molecule has 6 heteroatoms. The summed E-state index contributed by atoms with van der Waals surface area (Å²) in [5.41, 5.74) is 1.97. The van der Waals surface area contributed by atoms with Gasteiger partial charge in [0.25, 0.3) is 0 Å². The molecule has 0 saturated heterocycles. The Morgan fingerprint density at radius 1 is 1.35 bits per heavy atom. The Morgan fingerprint density at radius 3 is 2.85 bits per heavy atom. The van der Waals surface area contributed by atoms with Gasteiger partial charge in [-0.25, -0.2) is 8.42 Å². The van der Waals surface area contributed by atoms with Gasteiger partial charge in [-0.05, 0) is 24.5 Å². The fraction of sp³-hybridized carbons (Fsp3) is 0.500. The standard InChI is InChI=1S/C14H20N2O3S/c1-2-20(18,19)10-9-15-13-8-7-11-5-3-4-6-12(11)16-14(13)17/h3-6,13,15H,2,7-10H2,1H3,(H,16,17). The van der Waals surface area contributed by atoms with Gasteiger partial charge in [0.2, 0.25) is 5.91 Å². The van der Waals surface area contributed by atoms with Gasteiger partial charge in [0.15, 0.2) is 9.84 Å². The second kappa shape index (κ2) is 6.37. The van der Waals surface area contributed by atoms with Crippen molar-refractivity contribution in [2.24, 2.45) is 0 Å². The zero-order chi connectivity index (χ0) is 14.6. The smallest absolute Gasteiger partial charge is 0.241 e. The molecule has 20 heavy (non-hydrogen) atoms. The van der Waals surface area contributed by atoms with Gasteiger partial charge in [-0.2, -0.15) is 0 Å². The molecule has 0 aromatic heterocycles. The monoisotopic (exact) mass is 296 g/mol. The van der Waals surface area contributed by atoms with E-state index in [1.165, 1.54) is 0 Å². The van der Waals surface area contributed by atoms with Gasteiger partial charge >= 0.3 is 0 Å². The summed E-state index contributed by atoms with van der Waals surface area (Å²) >= 11 is 0. The van der Waals surface area contributed by atoms with E-state index in [9.17, 15) is 13.2 Å². The highest BCUT2D eigenvalue weighted by Gasteiger charge is 2.23. The number of benzene rings is 1. The van der Waals surface area contributed by atoms with Crippen molar-refractivity contribution in [3.05, 3.63) is 29.8 Å². The molecule has 5 nitrogen and oxygen atoms in total. The quantitative estimate of drug-likeness (QED) is 0.849. The Kier molecular flexibility index (Phi) is 4.77. The maximum Gasteiger partial charge on any atom is 0.241 e. The minimum Gasteiger partial charge on any atom is -0.324 e. The van der Waals surface area contributed by atoms with Crippen molar-refractivity contribution in [1.82, 2.24) is 5.32 Å². The van der Waals surface area contributed by atoms with Gasteiger partial charge in [-0.3, -0.25) is 4.79 Å². The van der Waals surface area contributed by atoms with Crippen LogP contribution in [0, 0.1) is 0 Å². The van der Waals surface area contributed by atoms with E-state index in [0.29, 0.717) is 13.0 Å². The molecule has 0 spiro atoms. The van der Waals surface area contributed by atoms with Crippen LogP contribution in [0.25, 0.3) is 0 Å². The van der Waals surface area contributed by atoms with Gasteiger partial charge in [0.1, 0.15) is 0 Å². The summed E-state index contributed by atoms with van der Waals surface area (Å²) in [6.45, 7) is 1.94. The largest absolute Gasteiger partial charge is 0.324 e. The molecule has 0 radical (unpaired) electrons. The summed E-state index contributed by atoms with van der Waals surface area (Å²) in [5.74, 6) is 0.112. The van der Waals surface area contributed by atoms with E-state index in [1.54, 1.807) is 6.92 Å². The molecule has 0 bridgehead atoms. The number of para-hydroxylation sites is 1. The van der Waals surface area contributed by atoms with E-state index in [0.717, 1.165) is 17.7 Å². The van der Waals surface area contributed by atoms with Crippen LogP contribution in [-0.4, -0.2) is 38.4 Å². The van der Waals surface area contributed by atoms with Crippen LogP contribution in [0.5, 0.6) is 0 Å². The number of fused-ring (bicyclic) bond motifs is 1. The molecule has 0 saturated carbocycles. The molecule has 1 aliphatic heterocycles. The van der Waals surface area contributed by atoms with Gasteiger partial charge in [-0.1, -0.05) is 25.1 Å².